The third kappa shape index (κ3) is 6.05. The first-order valence-electron chi connectivity index (χ1n) is 10.9. The van der Waals surface area contributed by atoms with E-state index in [4.69, 9.17) is 4.42 Å². The van der Waals surface area contributed by atoms with Gasteiger partial charge in [0.05, 0.1) is 12.0 Å². The van der Waals surface area contributed by atoms with Crippen LogP contribution >= 0.6 is 11.3 Å². The van der Waals surface area contributed by atoms with Crippen LogP contribution in [0.5, 0.6) is 0 Å². The van der Waals surface area contributed by atoms with Gasteiger partial charge in [0.2, 0.25) is 5.91 Å². The largest absolute Gasteiger partial charge is 0.459 e. The number of thiazole rings is 1. The van der Waals surface area contributed by atoms with E-state index in [1.54, 1.807) is 12.1 Å². The van der Waals surface area contributed by atoms with Crippen molar-refractivity contribution >= 4 is 28.3 Å². The van der Waals surface area contributed by atoms with Gasteiger partial charge in [-0.25, -0.2) is 4.98 Å². The van der Waals surface area contributed by atoms with Gasteiger partial charge < -0.3 is 15.1 Å². The third-order valence-corrected chi connectivity index (χ3v) is 6.50. The molecular weight excluding hydrogens is 424 g/mol. The number of carbonyl (C=O) groups is 2. The Morgan fingerprint density at radius 1 is 1.19 bits per heavy atom. The highest BCUT2D eigenvalue weighted by molar-refractivity contribution is 7.13. The summed E-state index contributed by atoms with van der Waals surface area (Å²) in [6.45, 7) is 5.25. The highest BCUT2D eigenvalue weighted by Crippen LogP contribution is 2.21. The number of likely N-dealkylation sites (tertiary alicyclic amines) is 1. The molecule has 0 spiro atoms. The maximum absolute atomic E-state index is 13.1. The summed E-state index contributed by atoms with van der Waals surface area (Å²) in [5, 5.41) is 8.20. The lowest BCUT2D eigenvalue weighted by atomic mass is 9.99. The Balaban J connectivity index is 1.40. The van der Waals surface area contributed by atoms with Crippen LogP contribution in [0.1, 0.15) is 41.6 Å². The van der Waals surface area contributed by atoms with Gasteiger partial charge in [0.1, 0.15) is 6.04 Å². The zero-order valence-corrected chi connectivity index (χ0v) is 18.9. The number of amides is 2. The van der Waals surface area contributed by atoms with Crippen molar-refractivity contribution in [3.63, 3.8) is 0 Å². The van der Waals surface area contributed by atoms with E-state index in [0.29, 0.717) is 11.6 Å². The molecule has 1 atom stereocenters. The van der Waals surface area contributed by atoms with Gasteiger partial charge in [-0.05, 0) is 49.5 Å². The molecule has 32 heavy (non-hydrogen) atoms. The Kier molecular flexibility index (Phi) is 7.34. The number of piperidine rings is 1. The highest BCUT2D eigenvalue weighted by Gasteiger charge is 2.24. The van der Waals surface area contributed by atoms with E-state index in [1.165, 1.54) is 30.4 Å². The summed E-state index contributed by atoms with van der Waals surface area (Å²) >= 11 is 1.41. The molecule has 3 heterocycles. The second kappa shape index (κ2) is 10.6. The van der Waals surface area contributed by atoms with Crippen molar-refractivity contribution in [3.8, 4) is 0 Å². The van der Waals surface area contributed by atoms with Gasteiger partial charge in [0.25, 0.3) is 5.91 Å². The number of aromatic nitrogens is 1. The molecule has 1 saturated heterocycles. The quantitative estimate of drug-likeness (QED) is 0.540. The number of anilines is 1. The first-order valence-corrected chi connectivity index (χ1v) is 11.8. The molecule has 0 saturated carbocycles. The van der Waals surface area contributed by atoms with Crippen molar-refractivity contribution in [2.45, 2.75) is 38.8 Å². The van der Waals surface area contributed by atoms with Crippen LogP contribution in [0.4, 0.5) is 5.13 Å². The van der Waals surface area contributed by atoms with Gasteiger partial charge in [-0.2, -0.15) is 0 Å². The van der Waals surface area contributed by atoms with Crippen LogP contribution in [0.15, 0.2) is 58.5 Å². The number of hydrogen-bond donors (Lipinski definition) is 2. The second-order valence-corrected chi connectivity index (χ2v) is 9.14. The lowest BCUT2D eigenvalue weighted by Crippen LogP contribution is -2.45. The summed E-state index contributed by atoms with van der Waals surface area (Å²) in [6, 6.07) is 12.1. The van der Waals surface area contributed by atoms with Crippen LogP contribution in [0.25, 0.3) is 0 Å². The summed E-state index contributed by atoms with van der Waals surface area (Å²) in [6.07, 6.45) is 4.22. The van der Waals surface area contributed by atoms with Gasteiger partial charge in [-0.1, -0.05) is 37.3 Å². The molecule has 2 N–H and O–H groups in total. The Labute approximate surface area is 191 Å². The van der Waals surface area contributed by atoms with Crippen molar-refractivity contribution in [1.29, 1.82) is 0 Å². The standard InChI is InChI=1S/C24H28N4O3S/c1-17-9-11-28(12-10-17)15-19-16-32-24(25-19)27-22(29)20(14-18-6-3-2-4-7-18)26-23(30)21-8-5-13-31-21/h2-8,13,16-17,20H,9-12,14-15H2,1H3,(H,26,30)(H,25,27,29)/t20-/m1/s1. The molecule has 3 aromatic rings. The van der Waals surface area contributed by atoms with Gasteiger partial charge >= 0.3 is 0 Å². The predicted octanol–water partition coefficient (Wildman–Crippen LogP) is 3.95. The Bertz CT molecular complexity index is 1010. The molecule has 1 aliphatic heterocycles. The van der Waals surface area contributed by atoms with E-state index in [9.17, 15) is 9.59 Å². The number of furan rings is 1. The molecule has 168 valence electrons. The molecule has 2 aromatic heterocycles. The maximum Gasteiger partial charge on any atom is 0.287 e. The van der Waals surface area contributed by atoms with Crippen molar-refractivity contribution in [2.24, 2.45) is 5.92 Å². The molecule has 0 unspecified atom stereocenters. The number of nitrogens with one attached hydrogen (secondary N) is 2. The van der Waals surface area contributed by atoms with E-state index in [-0.39, 0.29) is 11.7 Å². The first-order chi connectivity index (χ1) is 15.6. The molecule has 4 rings (SSSR count). The lowest BCUT2D eigenvalue weighted by Gasteiger charge is -2.29. The Morgan fingerprint density at radius 3 is 2.69 bits per heavy atom. The maximum atomic E-state index is 13.1. The van der Waals surface area contributed by atoms with Crippen molar-refractivity contribution in [3.05, 3.63) is 71.1 Å². The molecule has 0 aliphatic carbocycles. The van der Waals surface area contributed by atoms with Crippen LogP contribution in [0.2, 0.25) is 0 Å². The summed E-state index contributed by atoms with van der Waals surface area (Å²) in [5.41, 5.74) is 1.91. The molecule has 7 nitrogen and oxygen atoms in total. The molecule has 1 aromatic carbocycles. The van der Waals surface area contributed by atoms with Crippen LogP contribution < -0.4 is 10.6 Å². The molecule has 8 heteroatoms. The normalized spacial score (nSPS) is 15.9. The van der Waals surface area contributed by atoms with E-state index in [0.717, 1.165) is 36.8 Å². The summed E-state index contributed by atoms with van der Waals surface area (Å²) < 4.78 is 5.17. The minimum Gasteiger partial charge on any atom is -0.459 e. The summed E-state index contributed by atoms with van der Waals surface area (Å²) in [5.74, 6) is 0.226. The van der Waals surface area contributed by atoms with Gasteiger partial charge in [-0.15, -0.1) is 11.3 Å². The molecular formula is C24H28N4O3S. The number of benzene rings is 1. The van der Waals surface area contributed by atoms with Crippen molar-refractivity contribution in [2.75, 3.05) is 18.4 Å². The third-order valence-electron chi connectivity index (χ3n) is 5.69. The SMILES string of the molecule is CC1CCN(Cc2csc(NC(=O)[C@@H](Cc3ccccc3)NC(=O)c3ccco3)n2)CC1. The minimum absolute atomic E-state index is 0.170. The smallest absolute Gasteiger partial charge is 0.287 e. The van der Waals surface area contributed by atoms with Crippen molar-refractivity contribution < 1.29 is 14.0 Å². The molecule has 1 fully saturated rings. The zero-order valence-electron chi connectivity index (χ0n) is 18.1. The van der Waals surface area contributed by atoms with Gasteiger partial charge in [0, 0.05) is 18.3 Å². The van der Waals surface area contributed by atoms with E-state index >= 15 is 0 Å². The highest BCUT2D eigenvalue weighted by atomic mass is 32.1. The molecule has 2 amide bonds. The minimum atomic E-state index is -0.758. The summed E-state index contributed by atoms with van der Waals surface area (Å²) in [7, 11) is 0. The van der Waals surface area contributed by atoms with Crippen molar-refractivity contribution in [1.82, 2.24) is 15.2 Å². The van der Waals surface area contributed by atoms with E-state index < -0.39 is 11.9 Å². The van der Waals surface area contributed by atoms with E-state index in [2.05, 4.69) is 27.4 Å². The van der Waals surface area contributed by atoms with Crippen LogP contribution in [-0.4, -0.2) is 40.8 Å². The monoisotopic (exact) mass is 452 g/mol. The number of carbonyl (C=O) groups excluding carboxylic acids is 2. The Morgan fingerprint density at radius 2 is 1.97 bits per heavy atom. The van der Waals surface area contributed by atoms with Gasteiger partial charge in [0.15, 0.2) is 10.9 Å². The summed E-state index contributed by atoms with van der Waals surface area (Å²) in [4.78, 5) is 32.6. The average molecular weight is 453 g/mol. The fourth-order valence-corrected chi connectivity index (χ4v) is 4.48. The van der Waals surface area contributed by atoms with Crippen LogP contribution in [0, 0.1) is 5.92 Å². The van der Waals surface area contributed by atoms with Crippen LogP contribution in [-0.2, 0) is 17.8 Å². The first kappa shape index (κ1) is 22.2. The lowest BCUT2D eigenvalue weighted by molar-refractivity contribution is -0.118. The average Bonchev–Trinajstić information content (AvgIpc) is 3.48. The molecule has 0 bridgehead atoms. The fourth-order valence-electron chi connectivity index (χ4n) is 3.77. The van der Waals surface area contributed by atoms with Crippen LogP contribution in [0.3, 0.4) is 0 Å². The Hall–Kier alpha value is -2.97. The predicted molar refractivity (Wildman–Crippen MR) is 125 cm³/mol. The molecule has 0 radical (unpaired) electrons. The zero-order chi connectivity index (χ0) is 22.3. The second-order valence-electron chi connectivity index (χ2n) is 8.28. The fraction of sp³-hybridized carbons (Fsp3) is 0.375. The number of hydrogen-bond acceptors (Lipinski definition) is 6. The molecule has 1 aliphatic rings. The number of nitrogens with zero attached hydrogens (tertiary/aromatic N) is 2. The van der Waals surface area contributed by atoms with E-state index in [1.807, 2.05) is 35.7 Å². The topological polar surface area (TPSA) is 87.5 Å². The van der Waals surface area contributed by atoms with Gasteiger partial charge in [-0.3, -0.25) is 14.5 Å². The number of rotatable bonds is 8.